The second-order valence-electron chi connectivity index (χ2n) is 4.16. The van der Waals surface area contributed by atoms with E-state index in [9.17, 15) is 4.79 Å². The number of hydrogen-bond acceptors (Lipinski definition) is 4. The van der Waals surface area contributed by atoms with E-state index >= 15 is 0 Å². The molecule has 6 nitrogen and oxygen atoms in total. The monoisotopic (exact) mass is 234 g/mol. The van der Waals surface area contributed by atoms with E-state index in [-0.39, 0.29) is 5.91 Å². The average molecular weight is 234 g/mol. The first kappa shape index (κ1) is 11.5. The van der Waals surface area contributed by atoms with E-state index in [1.54, 1.807) is 18.2 Å². The van der Waals surface area contributed by atoms with E-state index in [4.69, 9.17) is 4.84 Å². The smallest absolute Gasteiger partial charge is 0.273 e. The normalized spacial score (nSPS) is 11.0. The van der Waals surface area contributed by atoms with Gasteiger partial charge in [0.05, 0.1) is 6.61 Å². The molecule has 0 aliphatic carbocycles. The molecule has 0 bridgehead atoms. The fourth-order valence-corrected chi connectivity index (χ4v) is 1.31. The van der Waals surface area contributed by atoms with Crippen molar-refractivity contribution in [1.82, 2.24) is 20.9 Å². The molecule has 1 aromatic heterocycles. The van der Waals surface area contributed by atoms with Gasteiger partial charge in [-0.1, -0.05) is 13.8 Å². The van der Waals surface area contributed by atoms with Crippen LogP contribution in [-0.4, -0.2) is 27.9 Å². The molecule has 1 aromatic carbocycles. The van der Waals surface area contributed by atoms with Gasteiger partial charge >= 0.3 is 0 Å². The first-order chi connectivity index (χ1) is 8.16. The molecule has 0 atom stereocenters. The van der Waals surface area contributed by atoms with Crippen molar-refractivity contribution in [2.24, 2.45) is 5.92 Å². The summed E-state index contributed by atoms with van der Waals surface area (Å²) in [5, 5.41) is 10.3. The number of amides is 1. The Kier molecular flexibility index (Phi) is 3.34. The minimum Gasteiger partial charge on any atom is -0.273 e. The molecule has 1 heterocycles. The van der Waals surface area contributed by atoms with Gasteiger partial charge in [0.1, 0.15) is 11.0 Å². The third kappa shape index (κ3) is 2.79. The summed E-state index contributed by atoms with van der Waals surface area (Å²) >= 11 is 0. The van der Waals surface area contributed by atoms with Gasteiger partial charge in [-0.25, -0.2) is 5.48 Å². The molecule has 0 saturated heterocycles. The van der Waals surface area contributed by atoms with Gasteiger partial charge in [0.2, 0.25) is 0 Å². The molecule has 0 aliphatic rings. The lowest BCUT2D eigenvalue weighted by Crippen LogP contribution is -2.25. The lowest BCUT2D eigenvalue weighted by atomic mass is 10.2. The van der Waals surface area contributed by atoms with Crippen molar-refractivity contribution in [3.8, 4) is 0 Å². The summed E-state index contributed by atoms with van der Waals surface area (Å²) in [6.45, 7) is 4.50. The summed E-state index contributed by atoms with van der Waals surface area (Å²) in [7, 11) is 0. The predicted octanol–water partition coefficient (Wildman–Crippen LogP) is 1.28. The first-order valence-electron chi connectivity index (χ1n) is 5.39. The average Bonchev–Trinajstić information content (AvgIpc) is 2.75. The van der Waals surface area contributed by atoms with Crippen LogP contribution < -0.4 is 5.48 Å². The lowest BCUT2D eigenvalue weighted by Gasteiger charge is -2.07. The molecule has 0 saturated carbocycles. The van der Waals surface area contributed by atoms with Crippen LogP contribution in [0.4, 0.5) is 0 Å². The van der Waals surface area contributed by atoms with Crippen LogP contribution in [0.25, 0.3) is 11.0 Å². The largest absolute Gasteiger partial charge is 0.274 e. The molecule has 2 aromatic rings. The Bertz CT molecular complexity index is 521. The summed E-state index contributed by atoms with van der Waals surface area (Å²) < 4.78 is 0. The molecule has 17 heavy (non-hydrogen) atoms. The molecule has 0 unspecified atom stereocenters. The molecule has 0 aliphatic heterocycles. The first-order valence-corrected chi connectivity index (χ1v) is 5.39. The molecule has 0 spiro atoms. The highest BCUT2D eigenvalue weighted by Gasteiger charge is 2.08. The van der Waals surface area contributed by atoms with Crippen LogP contribution in [0.1, 0.15) is 24.2 Å². The highest BCUT2D eigenvalue weighted by atomic mass is 16.6. The number of rotatable bonds is 4. The summed E-state index contributed by atoms with van der Waals surface area (Å²) in [4.78, 5) is 16.8. The summed E-state index contributed by atoms with van der Waals surface area (Å²) in [5.41, 5.74) is 4.27. The number of hydrogen-bond donors (Lipinski definition) is 2. The van der Waals surface area contributed by atoms with Crippen LogP contribution in [0.15, 0.2) is 18.2 Å². The van der Waals surface area contributed by atoms with Gasteiger partial charge < -0.3 is 0 Å². The standard InChI is InChI=1S/C11H14N4O2/c1-7(2)6-17-14-11(16)8-3-4-9-10(5-8)13-15-12-9/h3-5,7H,6H2,1-2H3,(H,14,16)(H,12,13,15). The molecule has 1 amide bonds. The van der Waals surface area contributed by atoms with Gasteiger partial charge in [-0.15, -0.1) is 0 Å². The van der Waals surface area contributed by atoms with Crippen LogP contribution in [0.2, 0.25) is 0 Å². The molecule has 2 rings (SSSR count). The molecule has 2 N–H and O–H groups in total. The van der Waals surface area contributed by atoms with Gasteiger partial charge in [0.15, 0.2) is 0 Å². The van der Waals surface area contributed by atoms with Gasteiger partial charge in [0, 0.05) is 5.56 Å². The zero-order valence-electron chi connectivity index (χ0n) is 9.73. The molecular formula is C11H14N4O2. The van der Waals surface area contributed by atoms with Crippen molar-refractivity contribution in [3.05, 3.63) is 23.8 Å². The zero-order valence-corrected chi connectivity index (χ0v) is 9.73. The minimum absolute atomic E-state index is 0.282. The number of aromatic amines is 1. The van der Waals surface area contributed by atoms with Crippen LogP contribution in [0, 0.1) is 5.92 Å². The van der Waals surface area contributed by atoms with E-state index in [1.165, 1.54) is 0 Å². The molecular weight excluding hydrogens is 220 g/mol. The second-order valence-corrected chi connectivity index (χ2v) is 4.16. The fourth-order valence-electron chi connectivity index (χ4n) is 1.31. The molecule has 0 radical (unpaired) electrons. The maximum atomic E-state index is 11.7. The Hall–Kier alpha value is -1.95. The highest BCUT2D eigenvalue weighted by Crippen LogP contribution is 2.10. The Morgan fingerprint density at radius 2 is 2.18 bits per heavy atom. The number of nitrogens with one attached hydrogen (secondary N) is 2. The van der Waals surface area contributed by atoms with E-state index in [0.717, 1.165) is 5.52 Å². The van der Waals surface area contributed by atoms with Gasteiger partial charge in [-0.3, -0.25) is 9.63 Å². The van der Waals surface area contributed by atoms with Crippen molar-refractivity contribution in [2.75, 3.05) is 6.61 Å². The molecule has 6 heteroatoms. The third-order valence-electron chi connectivity index (χ3n) is 2.16. The summed E-state index contributed by atoms with van der Waals surface area (Å²) in [6, 6.07) is 5.07. The maximum Gasteiger partial charge on any atom is 0.274 e. The van der Waals surface area contributed by atoms with Crippen LogP contribution in [0.3, 0.4) is 0 Å². The number of carbonyl (C=O) groups is 1. The van der Waals surface area contributed by atoms with E-state index in [2.05, 4.69) is 20.9 Å². The van der Waals surface area contributed by atoms with E-state index in [0.29, 0.717) is 23.6 Å². The van der Waals surface area contributed by atoms with Crippen LogP contribution >= 0.6 is 0 Å². The minimum atomic E-state index is -0.282. The Morgan fingerprint density at radius 1 is 1.41 bits per heavy atom. The SMILES string of the molecule is CC(C)CONC(=O)c1ccc2n[nH]nc2c1. The predicted molar refractivity (Wildman–Crippen MR) is 62.1 cm³/mol. The number of carbonyl (C=O) groups excluding carboxylic acids is 1. The van der Waals surface area contributed by atoms with E-state index < -0.39 is 0 Å². The zero-order chi connectivity index (χ0) is 12.3. The van der Waals surface area contributed by atoms with Crippen molar-refractivity contribution < 1.29 is 9.63 Å². The number of hydroxylamine groups is 1. The Labute approximate surface area is 98.3 Å². The van der Waals surface area contributed by atoms with Crippen molar-refractivity contribution in [3.63, 3.8) is 0 Å². The van der Waals surface area contributed by atoms with Crippen LogP contribution in [0.5, 0.6) is 0 Å². The maximum absolute atomic E-state index is 11.7. The summed E-state index contributed by atoms with van der Waals surface area (Å²) in [5.74, 6) is 0.0869. The highest BCUT2D eigenvalue weighted by molar-refractivity contribution is 5.96. The molecule has 0 fully saturated rings. The number of aromatic nitrogens is 3. The number of benzene rings is 1. The van der Waals surface area contributed by atoms with Gasteiger partial charge in [-0.05, 0) is 24.1 Å². The Morgan fingerprint density at radius 3 is 2.94 bits per heavy atom. The lowest BCUT2D eigenvalue weighted by molar-refractivity contribution is 0.0209. The second kappa shape index (κ2) is 4.92. The third-order valence-corrected chi connectivity index (χ3v) is 2.16. The number of H-pyrrole nitrogens is 1. The topological polar surface area (TPSA) is 79.9 Å². The van der Waals surface area contributed by atoms with Crippen molar-refractivity contribution in [1.29, 1.82) is 0 Å². The number of nitrogens with zero attached hydrogens (tertiary/aromatic N) is 2. The fraction of sp³-hybridized carbons (Fsp3) is 0.364. The van der Waals surface area contributed by atoms with Crippen molar-refractivity contribution >= 4 is 16.9 Å². The van der Waals surface area contributed by atoms with Gasteiger partial charge in [-0.2, -0.15) is 15.4 Å². The van der Waals surface area contributed by atoms with Crippen LogP contribution in [-0.2, 0) is 4.84 Å². The quantitative estimate of drug-likeness (QED) is 0.781. The summed E-state index contributed by atoms with van der Waals surface area (Å²) in [6.07, 6.45) is 0. The van der Waals surface area contributed by atoms with Crippen molar-refractivity contribution in [2.45, 2.75) is 13.8 Å². The van der Waals surface area contributed by atoms with Gasteiger partial charge in [0.25, 0.3) is 5.91 Å². The number of fused-ring (bicyclic) bond motifs is 1. The molecule has 90 valence electrons. The van der Waals surface area contributed by atoms with E-state index in [1.807, 2.05) is 13.8 Å². The Balaban J connectivity index is 2.03.